The number of nitrogens with zero attached hydrogens (tertiary/aromatic N) is 1. The van der Waals surface area contributed by atoms with Gasteiger partial charge in [-0.3, -0.25) is 4.79 Å². The molecule has 2 N–H and O–H groups in total. The van der Waals surface area contributed by atoms with Crippen molar-refractivity contribution in [3.8, 4) is 11.5 Å². The van der Waals surface area contributed by atoms with E-state index in [1.165, 1.54) is 7.11 Å². The normalized spacial score (nSPS) is 21.7. The quantitative estimate of drug-likeness (QED) is 0.765. The first-order chi connectivity index (χ1) is 13.1. The number of rotatable bonds is 4. The lowest BCUT2D eigenvalue weighted by Gasteiger charge is -2.39. The molecule has 2 heterocycles. The fourth-order valence-electron chi connectivity index (χ4n) is 3.69. The molecule has 1 saturated heterocycles. The molecular weight excluding hydrogens is 412 g/mol. The van der Waals surface area contributed by atoms with E-state index in [0.29, 0.717) is 23.4 Å². The topological polar surface area (TPSA) is 71.0 Å². The van der Waals surface area contributed by atoms with Crippen molar-refractivity contribution in [3.63, 3.8) is 0 Å². The summed E-state index contributed by atoms with van der Waals surface area (Å²) in [6, 6.07) is 10.9. The minimum absolute atomic E-state index is 0.000274. The maximum Gasteiger partial charge on any atom is 0.257 e. The third kappa shape index (κ3) is 3.37. The van der Waals surface area contributed by atoms with E-state index in [1.54, 1.807) is 17.0 Å². The van der Waals surface area contributed by atoms with Gasteiger partial charge in [0, 0.05) is 28.9 Å². The zero-order valence-electron chi connectivity index (χ0n) is 14.9. The second-order valence-electron chi connectivity index (χ2n) is 6.73. The summed E-state index contributed by atoms with van der Waals surface area (Å²) in [6.07, 6.45) is 1.39. The van der Waals surface area contributed by atoms with E-state index in [2.05, 4.69) is 21.2 Å². The number of methoxy groups -OCH3 is 1. The van der Waals surface area contributed by atoms with Gasteiger partial charge >= 0.3 is 0 Å². The third-order valence-electron chi connectivity index (χ3n) is 5.03. The molecule has 0 saturated carbocycles. The number of hydrogen-bond acceptors (Lipinski definition) is 5. The van der Waals surface area contributed by atoms with Crippen LogP contribution in [0.15, 0.2) is 40.9 Å². The van der Waals surface area contributed by atoms with E-state index in [-0.39, 0.29) is 17.8 Å². The first-order valence-electron chi connectivity index (χ1n) is 8.93. The molecule has 2 aliphatic heterocycles. The molecule has 0 spiro atoms. The molecule has 0 aliphatic carbocycles. The number of amides is 1. The maximum atomic E-state index is 13.2. The lowest BCUT2D eigenvalue weighted by atomic mass is 10.0. The van der Waals surface area contributed by atoms with Crippen LogP contribution in [0, 0.1) is 0 Å². The number of halogens is 1. The van der Waals surface area contributed by atoms with Crippen molar-refractivity contribution in [3.05, 3.63) is 52.0 Å². The number of fused-ring (bicyclic) bond motifs is 1. The molecule has 0 radical (unpaired) electrons. The summed E-state index contributed by atoms with van der Waals surface area (Å²) < 4.78 is 11.8. The first-order valence-corrected chi connectivity index (χ1v) is 9.72. The van der Waals surface area contributed by atoms with E-state index in [4.69, 9.17) is 9.47 Å². The van der Waals surface area contributed by atoms with E-state index < -0.39 is 6.17 Å². The summed E-state index contributed by atoms with van der Waals surface area (Å²) in [5.41, 5.74) is 1.93. The molecule has 142 valence electrons. The summed E-state index contributed by atoms with van der Waals surface area (Å²) in [5.74, 6) is 0.287. The minimum atomic E-state index is -0.525. The number of benzene rings is 2. The standard InChI is InChI=1S/C20H21BrN2O4/c1-26-17-10-12(21)9-15(18(17)24)19-22-16-7-3-2-6-14(16)20(25)23(19)11-13-5-4-8-27-13/h2-3,6-7,9-10,13,19,22,24H,4-5,8,11H2,1H3/t13-,19+/m0/s1. The van der Waals surface area contributed by atoms with Crippen molar-refractivity contribution < 1.29 is 19.4 Å². The Morgan fingerprint density at radius 3 is 2.93 bits per heavy atom. The largest absolute Gasteiger partial charge is 0.504 e. The molecule has 7 heteroatoms. The molecule has 2 aromatic rings. The van der Waals surface area contributed by atoms with Gasteiger partial charge in [-0.05, 0) is 37.1 Å². The summed E-state index contributed by atoms with van der Waals surface area (Å²) in [5, 5.41) is 14.1. The molecule has 4 rings (SSSR count). The number of carbonyl (C=O) groups excluding carboxylic acids is 1. The van der Waals surface area contributed by atoms with Gasteiger partial charge in [-0.1, -0.05) is 28.1 Å². The van der Waals surface area contributed by atoms with Crippen LogP contribution in [0.4, 0.5) is 5.69 Å². The van der Waals surface area contributed by atoms with Crippen LogP contribution in [0.3, 0.4) is 0 Å². The number of nitrogens with one attached hydrogen (secondary N) is 1. The number of phenolic OH excluding ortho intramolecular Hbond substituents is 1. The van der Waals surface area contributed by atoms with E-state index in [0.717, 1.165) is 29.6 Å². The van der Waals surface area contributed by atoms with Crippen molar-refractivity contribution in [1.82, 2.24) is 4.90 Å². The molecule has 1 amide bonds. The molecule has 27 heavy (non-hydrogen) atoms. The average molecular weight is 433 g/mol. The number of ether oxygens (including phenoxy) is 2. The van der Waals surface area contributed by atoms with Gasteiger partial charge in [-0.15, -0.1) is 0 Å². The summed E-state index contributed by atoms with van der Waals surface area (Å²) in [7, 11) is 1.50. The van der Waals surface area contributed by atoms with Crippen molar-refractivity contribution in [2.24, 2.45) is 0 Å². The zero-order chi connectivity index (χ0) is 19.0. The average Bonchev–Trinajstić information content (AvgIpc) is 3.19. The van der Waals surface area contributed by atoms with Crippen LogP contribution in [0.5, 0.6) is 11.5 Å². The number of para-hydroxylation sites is 1. The third-order valence-corrected chi connectivity index (χ3v) is 5.49. The Morgan fingerprint density at radius 1 is 1.37 bits per heavy atom. The number of hydrogen-bond donors (Lipinski definition) is 2. The van der Waals surface area contributed by atoms with Crippen LogP contribution in [-0.2, 0) is 4.74 Å². The molecule has 1 fully saturated rings. The van der Waals surface area contributed by atoms with Crippen molar-refractivity contribution in [1.29, 1.82) is 0 Å². The van der Waals surface area contributed by atoms with Crippen molar-refractivity contribution in [2.45, 2.75) is 25.1 Å². The van der Waals surface area contributed by atoms with Crippen LogP contribution in [0.1, 0.15) is 34.9 Å². The Hall–Kier alpha value is -2.25. The highest BCUT2D eigenvalue weighted by Crippen LogP contribution is 2.42. The molecule has 0 bridgehead atoms. The predicted octanol–water partition coefficient (Wildman–Crippen LogP) is 3.91. The van der Waals surface area contributed by atoms with Crippen LogP contribution >= 0.6 is 15.9 Å². The van der Waals surface area contributed by atoms with Gasteiger partial charge in [-0.25, -0.2) is 0 Å². The van der Waals surface area contributed by atoms with E-state index >= 15 is 0 Å². The first kappa shape index (κ1) is 18.1. The zero-order valence-corrected chi connectivity index (χ0v) is 16.5. The second-order valence-corrected chi connectivity index (χ2v) is 7.65. The van der Waals surface area contributed by atoms with E-state index in [1.807, 2.05) is 24.3 Å². The molecule has 2 aliphatic rings. The summed E-state index contributed by atoms with van der Waals surface area (Å²) >= 11 is 3.46. The van der Waals surface area contributed by atoms with Gasteiger partial charge in [0.05, 0.1) is 18.8 Å². The fourth-order valence-corrected chi connectivity index (χ4v) is 4.15. The van der Waals surface area contributed by atoms with Gasteiger partial charge in [0.15, 0.2) is 11.5 Å². The summed E-state index contributed by atoms with van der Waals surface area (Å²) in [4.78, 5) is 15.0. The Bertz CT molecular complexity index is 867. The highest BCUT2D eigenvalue weighted by molar-refractivity contribution is 9.10. The van der Waals surface area contributed by atoms with Crippen molar-refractivity contribution >= 4 is 27.5 Å². The van der Waals surface area contributed by atoms with Gasteiger partial charge in [0.1, 0.15) is 6.17 Å². The smallest absolute Gasteiger partial charge is 0.257 e. The molecule has 2 aromatic carbocycles. The van der Waals surface area contributed by atoms with Crippen molar-refractivity contribution in [2.75, 3.05) is 25.6 Å². The predicted molar refractivity (Wildman–Crippen MR) is 105 cm³/mol. The molecule has 2 atom stereocenters. The molecular formula is C20H21BrN2O4. The monoisotopic (exact) mass is 432 g/mol. The van der Waals surface area contributed by atoms with Crippen LogP contribution in [-0.4, -0.2) is 42.3 Å². The Balaban J connectivity index is 1.78. The SMILES string of the molecule is COc1cc(Br)cc([C@@H]2Nc3ccccc3C(=O)N2C[C@@H]2CCCO2)c1O. The molecule has 0 aromatic heterocycles. The van der Waals surface area contributed by atoms with Gasteiger partial charge < -0.3 is 24.8 Å². The Labute approximate surface area is 166 Å². The highest BCUT2D eigenvalue weighted by atomic mass is 79.9. The molecule has 0 unspecified atom stereocenters. The minimum Gasteiger partial charge on any atom is -0.504 e. The Morgan fingerprint density at radius 2 is 2.19 bits per heavy atom. The van der Waals surface area contributed by atoms with E-state index in [9.17, 15) is 9.90 Å². The van der Waals surface area contributed by atoms with Crippen LogP contribution < -0.4 is 10.1 Å². The number of aromatic hydroxyl groups is 1. The molecule has 6 nitrogen and oxygen atoms in total. The highest BCUT2D eigenvalue weighted by Gasteiger charge is 2.37. The van der Waals surface area contributed by atoms with Gasteiger partial charge in [0.2, 0.25) is 0 Å². The van der Waals surface area contributed by atoms with Crippen LogP contribution in [0.25, 0.3) is 0 Å². The number of phenols is 1. The van der Waals surface area contributed by atoms with Crippen LogP contribution in [0.2, 0.25) is 0 Å². The Kier molecular flexibility index (Phi) is 4.97. The van der Waals surface area contributed by atoms with Gasteiger partial charge in [-0.2, -0.15) is 0 Å². The number of anilines is 1. The lowest BCUT2D eigenvalue weighted by Crippen LogP contribution is -2.46. The summed E-state index contributed by atoms with van der Waals surface area (Å²) in [6.45, 7) is 1.18. The number of carbonyl (C=O) groups is 1. The van der Waals surface area contributed by atoms with Gasteiger partial charge in [0.25, 0.3) is 5.91 Å². The maximum absolute atomic E-state index is 13.2. The lowest BCUT2D eigenvalue weighted by molar-refractivity contribution is 0.0424. The fraction of sp³-hybridized carbons (Fsp3) is 0.350. The second kappa shape index (κ2) is 7.40.